The fourth-order valence-electron chi connectivity index (χ4n) is 2.95. The van der Waals surface area contributed by atoms with Gasteiger partial charge in [0.2, 0.25) is 5.91 Å². The third kappa shape index (κ3) is 7.09. The van der Waals surface area contributed by atoms with E-state index in [1.54, 1.807) is 13.8 Å². The average molecular weight is 438 g/mol. The van der Waals surface area contributed by atoms with Gasteiger partial charge in [-0.1, -0.05) is 36.4 Å². The first-order valence-electron chi connectivity index (χ1n) is 9.35. The SMILES string of the molecule is CC(C)OC(=O)CC(NC(=O)Cc1cccc(C(F)(F)F)c1)c1ccccc1[N+](=O)[O-]. The molecule has 0 aromatic heterocycles. The number of halogens is 3. The van der Waals surface area contributed by atoms with Crippen molar-refractivity contribution in [1.29, 1.82) is 0 Å². The van der Waals surface area contributed by atoms with Crippen molar-refractivity contribution < 1.29 is 32.4 Å². The molecule has 0 fully saturated rings. The minimum atomic E-state index is -4.56. The first-order chi connectivity index (χ1) is 14.5. The number of alkyl halides is 3. The molecule has 1 unspecified atom stereocenters. The molecule has 166 valence electrons. The van der Waals surface area contributed by atoms with Crippen molar-refractivity contribution in [3.8, 4) is 0 Å². The van der Waals surface area contributed by atoms with Gasteiger partial charge in [-0.05, 0) is 25.5 Å². The molecule has 2 aromatic carbocycles. The van der Waals surface area contributed by atoms with Crippen LogP contribution in [0.5, 0.6) is 0 Å². The minimum Gasteiger partial charge on any atom is -0.463 e. The third-order valence-corrected chi connectivity index (χ3v) is 4.20. The van der Waals surface area contributed by atoms with Crippen LogP contribution in [-0.2, 0) is 26.9 Å². The van der Waals surface area contributed by atoms with Crippen molar-refractivity contribution in [2.24, 2.45) is 0 Å². The number of hydrogen-bond acceptors (Lipinski definition) is 5. The van der Waals surface area contributed by atoms with Crippen molar-refractivity contribution in [2.75, 3.05) is 0 Å². The van der Waals surface area contributed by atoms with Crippen molar-refractivity contribution >= 4 is 17.6 Å². The van der Waals surface area contributed by atoms with Gasteiger partial charge in [0.1, 0.15) is 0 Å². The van der Waals surface area contributed by atoms with Crippen LogP contribution in [0.4, 0.5) is 18.9 Å². The number of para-hydroxylation sites is 1. The number of amides is 1. The lowest BCUT2D eigenvalue weighted by Gasteiger charge is -2.19. The number of nitro groups is 1. The Bertz CT molecular complexity index is 960. The molecule has 0 saturated carbocycles. The molecule has 2 aromatic rings. The van der Waals surface area contributed by atoms with Crippen molar-refractivity contribution in [1.82, 2.24) is 5.32 Å². The van der Waals surface area contributed by atoms with Crippen LogP contribution in [0.25, 0.3) is 0 Å². The lowest BCUT2D eigenvalue weighted by atomic mass is 10.0. The Morgan fingerprint density at radius 3 is 2.42 bits per heavy atom. The molecule has 1 amide bonds. The maximum absolute atomic E-state index is 12.9. The highest BCUT2D eigenvalue weighted by atomic mass is 19.4. The highest BCUT2D eigenvalue weighted by Crippen LogP contribution is 2.30. The Balaban J connectivity index is 2.26. The van der Waals surface area contributed by atoms with E-state index in [0.29, 0.717) is 0 Å². The van der Waals surface area contributed by atoms with Gasteiger partial charge in [-0.25, -0.2) is 0 Å². The summed E-state index contributed by atoms with van der Waals surface area (Å²) in [5.74, 6) is -1.38. The summed E-state index contributed by atoms with van der Waals surface area (Å²) in [5.41, 5.74) is -0.998. The van der Waals surface area contributed by atoms with Crippen molar-refractivity contribution in [3.05, 3.63) is 75.3 Å². The predicted molar refractivity (Wildman–Crippen MR) is 105 cm³/mol. The smallest absolute Gasteiger partial charge is 0.416 e. The summed E-state index contributed by atoms with van der Waals surface area (Å²) in [6.45, 7) is 3.26. The molecular formula is C21H21F3N2O5. The number of nitro benzene ring substituents is 1. The number of benzene rings is 2. The van der Waals surface area contributed by atoms with Crippen LogP contribution in [0, 0.1) is 10.1 Å². The zero-order valence-electron chi connectivity index (χ0n) is 16.8. The summed E-state index contributed by atoms with van der Waals surface area (Å²) in [6, 6.07) is 8.79. The van der Waals surface area contributed by atoms with Gasteiger partial charge in [-0.2, -0.15) is 13.2 Å². The maximum Gasteiger partial charge on any atom is 0.416 e. The molecule has 0 aliphatic rings. The Kier molecular flexibility index (Phi) is 7.73. The number of ether oxygens (including phenoxy) is 1. The van der Waals surface area contributed by atoms with Crippen LogP contribution in [0.1, 0.15) is 43.0 Å². The van der Waals surface area contributed by atoms with Crippen molar-refractivity contribution in [2.45, 2.75) is 45.0 Å². The number of rotatable bonds is 8. The number of esters is 1. The lowest BCUT2D eigenvalue weighted by Crippen LogP contribution is -2.32. The van der Waals surface area contributed by atoms with E-state index in [1.165, 1.54) is 36.4 Å². The Morgan fingerprint density at radius 1 is 1.13 bits per heavy atom. The molecule has 0 radical (unpaired) electrons. The molecule has 31 heavy (non-hydrogen) atoms. The van der Waals surface area contributed by atoms with E-state index in [1.807, 2.05) is 0 Å². The largest absolute Gasteiger partial charge is 0.463 e. The zero-order valence-corrected chi connectivity index (χ0v) is 16.8. The predicted octanol–water partition coefficient (Wildman–Crippen LogP) is 4.36. The number of carbonyl (C=O) groups is 2. The summed E-state index contributed by atoms with van der Waals surface area (Å²) < 4.78 is 43.7. The van der Waals surface area contributed by atoms with Gasteiger partial charge in [-0.3, -0.25) is 19.7 Å². The van der Waals surface area contributed by atoms with Gasteiger partial charge in [0, 0.05) is 6.07 Å². The van der Waals surface area contributed by atoms with E-state index in [0.717, 1.165) is 12.1 Å². The van der Waals surface area contributed by atoms with E-state index in [2.05, 4.69) is 5.32 Å². The molecule has 10 heteroatoms. The highest BCUT2D eigenvalue weighted by molar-refractivity contribution is 5.80. The molecule has 1 atom stereocenters. The van der Waals surface area contributed by atoms with E-state index in [-0.39, 0.29) is 23.2 Å². The van der Waals surface area contributed by atoms with Crippen LogP contribution in [0.2, 0.25) is 0 Å². The topological polar surface area (TPSA) is 98.5 Å². The molecule has 0 bridgehead atoms. The normalized spacial score (nSPS) is 12.3. The molecular weight excluding hydrogens is 417 g/mol. The highest BCUT2D eigenvalue weighted by Gasteiger charge is 2.31. The summed E-state index contributed by atoms with van der Waals surface area (Å²) in [5, 5.41) is 13.9. The number of nitrogens with one attached hydrogen (secondary N) is 1. The van der Waals surface area contributed by atoms with Crippen LogP contribution in [0.15, 0.2) is 48.5 Å². The molecule has 0 saturated heterocycles. The van der Waals surface area contributed by atoms with Crippen LogP contribution in [0.3, 0.4) is 0 Å². The lowest BCUT2D eigenvalue weighted by molar-refractivity contribution is -0.385. The third-order valence-electron chi connectivity index (χ3n) is 4.20. The van der Waals surface area contributed by atoms with E-state index in [9.17, 15) is 32.9 Å². The average Bonchev–Trinajstić information content (AvgIpc) is 2.66. The molecule has 1 N–H and O–H groups in total. The van der Waals surface area contributed by atoms with E-state index in [4.69, 9.17) is 4.74 Å². The quantitative estimate of drug-likeness (QED) is 0.375. The molecule has 0 aliphatic heterocycles. The number of carbonyl (C=O) groups excluding carboxylic acids is 2. The first-order valence-corrected chi connectivity index (χ1v) is 9.35. The first kappa shape index (κ1) is 23.8. The Hall–Kier alpha value is -3.43. The van der Waals surface area contributed by atoms with Crippen LogP contribution < -0.4 is 5.32 Å². The van der Waals surface area contributed by atoms with Crippen LogP contribution >= 0.6 is 0 Å². The van der Waals surface area contributed by atoms with Gasteiger partial charge < -0.3 is 10.1 Å². The minimum absolute atomic E-state index is 0.0885. The Morgan fingerprint density at radius 2 is 1.81 bits per heavy atom. The Labute approximate surface area is 176 Å². The number of nitrogens with zero attached hydrogens (tertiary/aromatic N) is 1. The second-order valence-electron chi connectivity index (χ2n) is 7.05. The van der Waals surface area contributed by atoms with Gasteiger partial charge in [0.05, 0.1) is 41.0 Å². The van der Waals surface area contributed by atoms with Crippen molar-refractivity contribution in [3.63, 3.8) is 0 Å². The molecule has 2 rings (SSSR count). The fraction of sp³-hybridized carbons (Fsp3) is 0.333. The molecule has 0 aliphatic carbocycles. The zero-order chi connectivity index (χ0) is 23.2. The second kappa shape index (κ2) is 10.1. The van der Waals surface area contributed by atoms with Gasteiger partial charge >= 0.3 is 12.1 Å². The molecule has 0 spiro atoms. The maximum atomic E-state index is 12.9. The summed E-state index contributed by atoms with van der Waals surface area (Å²) in [6.07, 6.45) is -5.77. The second-order valence-corrected chi connectivity index (χ2v) is 7.05. The standard InChI is InChI=1S/C21H21F3N2O5/c1-13(2)31-20(28)12-17(16-8-3-4-9-18(16)26(29)30)25-19(27)11-14-6-5-7-15(10-14)21(22,23)24/h3-10,13,17H,11-12H2,1-2H3,(H,25,27). The summed E-state index contributed by atoms with van der Waals surface area (Å²) >= 11 is 0. The van der Waals surface area contributed by atoms with Gasteiger partial charge in [0.15, 0.2) is 0 Å². The molecule has 0 heterocycles. The summed E-state index contributed by atoms with van der Waals surface area (Å²) in [4.78, 5) is 35.4. The fourth-order valence-corrected chi connectivity index (χ4v) is 2.95. The van der Waals surface area contributed by atoms with E-state index < -0.39 is 47.1 Å². The molecule has 7 nitrogen and oxygen atoms in total. The van der Waals surface area contributed by atoms with Gasteiger partial charge in [0.25, 0.3) is 5.69 Å². The van der Waals surface area contributed by atoms with E-state index >= 15 is 0 Å². The monoisotopic (exact) mass is 438 g/mol. The van der Waals surface area contributed by atoms with Gasteiger partial charge in [-0.15, -0.1) is 0 Å². The summed E-state index contributed by atoms with van der Waals surface area (Å²) in [7, 11) is 0. The number of hydrogen-bond donors (Lipinski definition) is 1. The van der Waals surface area contributed by atoms with Crippen LogP contribution in [-0.4, -0.2) is 22.9 Å².